The van der Waals surface area contributed by atoms with Crippen LogP contribution in [-0.2, 0) is 4.79 Å². The molecule has 4 heteroatoms. The molecule has 3 unspecified atom stereocenters. The third kappa shape index (κ3) is 4.62. The zero-order valence-electron chi connectivity index (χ0n) is 9.41. The van der Waals surface area contributed by atoms with Crippen LogP contribution in [0, 0.1) is 11.8 Å². The van der Waals surface area contributed by atoms with E-state index < -0.39 is 12.0 Å². The number of hydrogen-bond acceptors (Lipinski definition) is 3. The molecule has 1 aliphatic carbocycles. The van der Waals surface area contributed by atoms with Crippen LogP contribution in [-0.4, -0.2) is 30.2 Å². The van der Waals surface area contributed by atoms with E-state index >= 15 is 0 Å². The lowest BCUT2D eigenvalue weighted by molar-refractivity contribution is -0.125. The summed E-state index contributed by atoms with van der Waals surface area (Å²) in [5.74, 6) is 0.847. The van der Waals surface area contributed by atoms with Crippen LogP contribution in [0.15, 0.2) is 0 Å². The first-order valence-corrected chi connectivity index (χ1v) is 5.77. The Labute approximate surface area is 91.2 Å². The van der Waals surface area contributed by atoms with E-state index in [-0.39, 0.29) is 6.54 Å². The van der Waals surface area contributed by atoms with Crippen LogP contribution in [0.3, 0.4) is 0 Å². The molecule has 0 aliphatic heterocycles. The number of nitrogens with one attached hydrogen (secondary N) is 1. The summed E-state index contributed by atoms with van der Waals surface area (Å²) < 4.78 is 0. The molecule has 0 aromatic rings. The largest absolute Gasteiger partial charge is 0.382 e. The van der Waals surface area contributed by atoms with Crippen LogP contribution in [0.4, 0.5) is 0 Å². The van der Waals surface area contributed by atoms with Crippen molar-refractivity contribution in [3.63, 3.8) is 0 Å². The van der Waals surface area contributed by atoms with Crippen LogP contribution in [0.5, 0.6) is 0 Å². The number of rotatable bonds is 5. The number of carbonyl (C=O) groups is 1. The van der Waals surface area contributed by atoms with Gasteiger partial charge in [-0.25, -0.2) is 0 Å². The lowest BCUT2D eigenvalue weighted by atomic mass is 9.82. The van der Waals surface area contributed by atoms with Crippen LogP contribution in [0.1, 0.15) is 32.6 Å². The number of aliphatic hydroxyl groups is 1. The molecule has 0 aromatic carbocycles. The van der Waals surface area contributed by atoms with Crippen LogP contribution < -0.4 is 11.1 Å². The summed E-state index contributed by atoms with van der Waals surface area (Å²) in [6.45, 7) is 3.44. The molecule has 88 valence electrons. The van der Waals surface area contributed by atoms with Crippen molar-refractivity contribution in [2.75, 3.05) is 13.1 Å². The smallest absolute Gasteiger partial charge is 0.247 e. The highest BCUT2D eigenvalue weighted by Crippen LogP contribution is 2.27. The van der Waals surface area contributed by atoms with Gasteiger partial charge in [0.25, 0.3) is 0 Å². The van der Waals surface area contributed by atoms with E-state index in [9.17, 15) is 9.90 Å². The SMILES string of the molecule is CC1CCCC(CNCC(O)C(N)=O)C1. The minimum absolute atomic E-state index is 0.278. The van der Waals surface area contributed by atoms with Gasteiger partial charge in [-0.2, -0.15) is 0 Å². The second kappa shape index (κ2) is 6.08. The number of carbonyl (C=O) groups excluding carboxylic acids is 1. The third-order valence-corrected chi connectivity index (χ3v) is 3.14. The molecule has 0 saturated heterocycles. The summed E-state index contributed by atoms with van der Waals surface area (Å²) in [7, 11) is 0. The maximum atomic E-state index is 10.6. The Morgan fingerprint density at radius 2 is 2.33 bits per heavy atom. The molecule has 0 spiro atoms. The first-order chi connectivity index (χ1) is 7.09. The van der Waals surface area contributed by atoms with Crippen molar-refractivity contribution >= 4 is 5.91 Å². The summed E-state index contributed by atoms with van der Waals surface area (Å²) >= 11 is 0. The Kier molecular flexibility index (Phi) is 5.05. The highest BCUT2D eigenvalue weighted by atomic mass is 16.3. The van der Waals surface area contributed by atoms with Gasteiger partial charge in [0.05, 0.1) is 0 Å². The van der Waals surface area contributed by atoms with Gasteiger partial charge in [-0.15, -0.1) is 0 Å². The van der Waals surface area contributed by atoms with Gasteiger partial charge in [0, 0.05) is 6.54 Å². The molecular weight excluding hydrogens is 192 g/mol. The fraction of sp³-hybridized carbons (Fsp3) is 0.909. The molecule has 1 rings (SSSR count). The third-order valence-electron chi connectivity index (χ3n) is 3.14. The molecule has 1 amide bonds. The Morgan fingerprint density at radius 3 is 2.93 bits per heavy atom. The summed E-state index contributed by atoms with van der Waals surface area (Å²) in [5, 5.41) is 12.3. The molecule has 15 heavy (non-hydrogen) atoms. The summed E-state index contributed by atoms with van der Waals surface area (Å²) in [4.78, 5) is 10.6. The average Bonchev–Trinajstić information content (AvgIpc) is 2.17. The number of hydrogen-bond donors (Lipinski definition) is 3. The lowest BCUT2D eigenvalue weighted by Gasteiger charge is -2.27. The van der Waals surface area contributed by atoms with Gasteiger partial charge >= 0.3 is 0 Å². The maximum absolute atomic E-state index is 10.6. The number of primary amides is 1. The van der Waals surface area contributed by atoms with E-state index in [4.69, 9.17) is 5.73 Å². The second-order valence-corrected chi connectivity index (χ2v) is 4.71. The Bertz CT molecular complexity index is 209. The Balaban J connectivity index is 2.11. The van der Waals surface area contributed by atoms with Crippen LogP contribution in [0.25, 0.3) is 0 Å². The Hall–Kier alpha value is -0.610. The quantitative estimate of drug-likeness (QED) is 0.614. The average molecular weight is 214 g/mol. The van der Waals surface area contributed by atoms with Crippen LogP contribution in [0.2, 0.25) is 0 Å². The molecule has 1 aliphatic rings. The van der Waals surface area contributed by atoms with Gasteiger partial charge in [0.15, 0.2) is 0 Å². The van der Waals surface area contributed by atoms with Gasteiger partial charge < -0.3 is 16.2 Å². The molecule has 3 atom stereocenters. The first kappa shape index (κ1) is 12.5. The predicted molar refractivity (Wildman–Crippen MR) is 59.2 cm³/mol. The van der Waals surface area contributed by atoms with Crippen molar-refractivity contribution in [2.45, 2.75) is 38.7 Å². The molecule has 0 aromatic heterocycles. The standard InChI is InChI=1S/C11H22N2O2/c1-8-3-2-4-9(5-8)6-13-7-10(14)11(12)15/h8-10,13-14H,2-7H2,1H3,(H2,12,15). The molecule has 4 nitrogen and oxygen atoms in total. The molecule has 0 radical (unpaired) electrons. The van der Waals surface area contributed by atoms with E-state index in [1.165, 1.54) is 25.7 Å². The van der Waals surface area contributed by atoms with Gasteiger partial charge in [-0.05, 0) is 31.2 Å². The highest BCUT2D eigenvalue weighted by molar-refractivity contribution is 5.78. The number of nitrogens with two attached hydrogens (primary N) is 1. The van der Waals surface area contributed by atoms with Gasteiger partial charge in [-0.3, -0.25) is 4.79 Å². The second-order valence-electron chi connectivity index (χ2n) is 4.71. The topological polar surface area (TPSA) is 75.3 Å². The van der Waals surface area contributed by atoms with Crippen molar-refractivity contribution in [3.05, 3.63) is 0 Å². The summed E-state index contributed by atoms with van der Waals surface area (Å²) in [5.41, 5.74) is 4.95. The predicted octanol–water partition coefficient (Wildman–Crippen LogP) is 0.248. The summed E-state index contributed by atoms with van der Waals surface area (Å²) in [6, 6.07) is 0. The first-order valence-electron chi connectivity index (χ1n) is 5.77. The lowest BCUT2D eigenvalue weighted by Crippen LogP contribution is -2.39. The van der Waals surface area contributed by atoms with Crippen molar-refractivity contribution < 1.29 is 9.90 Å². The maximum Gasteiger partial charge on any atom is 0.247 e. The minimum atomic E-state index is -1.05. The van der Waals surface area contributed by atoms with E-state index in [0.717, 1.165) is 12.5 Å². The highest BCUT2D eigenvalue weighted by Gasteiger charge is 2.19. The summed E-state index contributed by atoms with van der Waals surface area (Å²) in [6.07, 6.45) is 4.08. The molecule has 1 saturated carbocycles. The fourth-order valence-corrected chi connectivity index (χ4v) is 2.27. The molecule has 0 heterocycles. The number of amides is 1. The van der Waals surface area contributed by atoms with Gasteiger partial charge in [-0.1, -0.05) is 19.8 Å². The van der Waals surface area contributed by atoms with Crippen molar-refractivity contribution in [1.29, 1.82) is 0 Å². The Morgan fingerprint density at radius 1 is 1.60 bits per heavy atom. The van der Waals surface area contributed by atoms with Crippen molar-refractivity contribution in [3.8, 4) is 0 Å². The molecule has 4 N–H and O–H groups in total. The van der Waals surface area contributed by atoms with Crippen molar-refractivity contribution in [1.82, 2.24) is 5.32 Å². The van der Waals surface area contributed by atoms with E-state index in [0.29, 0.717) is 5.92 Å². The molecule has 1 fully saturated rings. The van der Waals surface area contributed by atoms with E-state index in [1.807, 2.05) is 0 Å². The van der Waals surface area contributed by atoms with Gasteiger partial charge in [0.2, 0.25) is 5.91 Å². The van der Waals surface area contributed by atoms with Gasteiger partial charge in [0.1, 0.15) is 6.10 Å². The normalized spacial score (nSPS) is 28.7. The van der Waals surface area contributed by atoms with E-state index in [1.54, 1.807) is 0 Å². The molecular formula is C11H22N2O2. The fourth-order valence-electron chi connectivity index (χ4n) is 2.27. The number of aliphatic hydroxyl groups excluding tert-OH is 1. The minimum Gasteiger partial charge on any atom is -0.382 e. The molecule has 0 bridgehead atoms. The van der Waals surface area contributed by atoms with Crippen LogP contribution >= 0.6 is 0 Å². The van der Waals surface area contributed by atoms with E-state index in [2.05, 4.69) is 12.2 Å². The van der Waals surface area contributed by atoms with Crippen molar-refractivity contribution in [2.24, 2.45) is 17.6 Å². The monoisotopic (exact) mass is 214 g/mol. The zero-order valence-corrected chi connectivity index (χ0v) is 9.41. The zero-order chi connectivity index (χ0) is 11.3.